The first-order valence-corrected chi connectivity index (χ1v) is 15.4. The van der Waals surface area contributed by atoms with E-state index in [2.05, 4.69) is 148 Å². The van der Waals surface area contributed by atoms with Crippen LogP contribution in [0.4, 0.5) is 0 Å². The van der Waals surface area contributed by atoms with Gasteiger partial charge in [0.2, 0.25) is 0 Å². The summed E-state index contributed by atoms with van der Waals surface area (Å²) in [5, 5.41) is 2.70. The third-order valence-electron chi connectivity index (χ3n) is 9.81. The van der Waals surface area contributed by atoms with Gasteiger partial charge >= 0.3 is 0 Å². The first-order valence-electron chi connectivity index (χ1n) is 15.4. The molecule has 208 valence electrons. The molecule has 4 heteroatoms. The second-order valence-corrected chi connectivity index (χ2v) is 14.5. The Bertz CT molecular complexity index is 2310. The SMILES string of the molecule is CC(C)(C)c1ccc2c(c1)c1cc(C(C)(C)C)cc3c1n2-c1cccc2c1B3c1cccc3nc(-c4ccccc4)n-2c13. The van der Waals surface area contributed by atoms with Gasteiger partial charge in [-0.05, 0) is 74.7 Å². The minimum Gasteiger partial charge on any atom is -0.310 e. The van der Waals surface area contributed by atoms with Crippen LogP contribution in [0.1, 0.15) is 52.7 Å². The second-order valence-electron chi connectivity index (χ2n) is 14.5. The van der Waals surface area contributed by atoms with Gasteiger partial charge in [-0.15, -0.1) is 0 Å². The number of para-hydroxylation sites is 1. The lowest BCUT2D eigenvalue weighted by Gasteiger charge is -2.34. The summed E-state index contributed by atoms with van der Waals surface area (Å²) in [7, 11) is 0. The lowest BCUT2D eigenvalue weighted by molar-refractivity contribution is 0.590. The van der Waals surface area contributed by atoms with Crippen molar-refractivity contribution in [3.63, 3.8) is 0 Å². The molecule has 0 unspecified atom stereocenters. The molecule has 9 rings (SSSR count). The van der Waals surface area contributed by atoms with Crippen molar-refractivity contribution in [2.45, 2.75) is 52.4 Å². The molecule has 0 N–H and O–H groups in total. The molecule has 7 aromatic rings. The number of hydrogen-bond acceptors (Lipinski definition) is 1. The number of nitrogens with zero attached hydrogens (tertiary/aromatic N) is 3. The van der Waals surface area contributed by atoms with Crippen LogP contribution in [0.5, 0.6) is 0 Å². The number of fused-ring (bicyclic) bond motifs is 7. The highest BCUT2D eigenvalue weighted by molar-refractivity contribution is 7.00. The summed E-state index contributed by atoms with van der Waals surface area (Å²) < 4.78 is 4.98. The lowest BCUT2D eigenvalue weighted by atomic mass is 9.34. The fraction of sp³-hybridized carbons (Fsp3) is 0.205. The molecule has 0 spiro atoms. The zero-order chi connectivity index (χ0) is 29.4. The predicted molar refractivity (Wildman–Crippen MR) is 183 cm³/mol. The first kappa shape index (κ1) is 25.0. The topological polar surface area (TPSA) is 22.8 Å². The molecule has 0 aliphatic carbocycles. The van der Waals surface area contributed by atoms with E-state index in [-0.39, 0.29) is 17.5 Å². The monoisotopic (exact) mass is 555 g/mol. The molecule has 43 heavy (non-hydrogen) atoms. The van der Waals surface area contributed by atoms with Crippen molar-refractivity contribution in [2.24, 2.45) is 0 Å². The first-order chi connectivity index (χ1) is 20.6. The molecule has 2 aromatic heterocycles. The average molecular weight is 556 g/mol. The van der Waals surface area contributed by atoms with Gasteiger partial charge in [0.25, 0.3) is 6.71 Å². The van der Waals surface area contributed by atoms with Crippen molar-refractivity contribution < 1.29 is 0 Å². The Labute approximate surface area is 252 Å². The third kappa shape index (κ3) is 3.24. The Kier molecular flexibility index (Phi) is 4.69. The summed E-state index contributed by atoms with van der Waals surface area (Å²) in [4.78, 5) is 5.25. The molecule has 2 aliphatic heterocycles. The van der Waals surface area contributed by atoms with Crippen molar-refractivity contribution in [3.05, 3.63) is 108 Å². The standard InChI is InChI=1S/C39H34BN3/c1-38(2,3)24-18-19-31-26(20-24)27-21-25(39(4,5)6)22-29-35(27)42(31)32-16-11-17-33-34(32)40(29)28-14-10-15-30-36(28)43(33)37(41-30)23-12-8-7-9-13-23/h7-22H,1-6H3. The van der Waals surface area contributed by atoms with Gasteiger partial charge in [-0.1, -0.05) is 102 Å². The van der Waals surface area contributed by atoms with E-state index in [0.717, 1.165) is 16.9 Å². The van der Waals surface area contributed by atoms with Gasteiger partial charge in [-0.25, -0.2) is 4.98 Å². The minimum absolute atomic E-state index is 0.0173. The minimum atomic E-state index is 0.0173. The van der Waals surface area contributed by atoms with Crippen LogP contribution in [0.25, 0.3) is 55.6 Å². The van der Waals surface area contributed by atoms with Crippen LogP contribution in [0.2, 0.25) is 0 Å². The maximum absolute atomic E-state index is 5.25. The van der Waals surface area contributed by atoms with Crippen molar-refractivity contribution in [1.29, 1.82) is 0 Å². The van der Waals surface area contributed by atoms with E-state index < -0.39 is 0 Å². The zero-order valence-corrected chi connectivity index (χ0v) is 25.7. The molecule has 0 fully saturated rings. The van der Waals surface area contributed by atoms with Crippen molar-refractivity contribution in [3.8, 4) is 22.8 Å². The van der Waals surface area contributed by atoms with Gasteiger partial charge < -0.3 is 4.57 Å². The largest absolute Gasteiger partial charge is 0.310 e. The van der Waals surface area contributed by atoms with Crippen molar-refractivity contribution in [1.82, 2.24) is 14.1 Å². The van der Waals surface area contributed by atoms with E-state index in [4.69, 9.17) is 4.98 Å². The van der Waals surface area contributed by atoms with Crippen LogP contribution >= 0.6 is 0 Å². The molecule has 3 nitrogen and oxygen atoms in total. The molecule has 0 saturated heterocycles. The maximum atomic E-state index is 5.25. The van der Waals surface area contributed by atoms with Crippen LogP contribution in [-0.4, -0.2) is 20.8 Å². The van der Waals surface area contributed by atoms with Crippen LogP contribution in [0.15, 0.2) is 97.1 Å². The van der Waals surface area contributed by atoms with E-state index in [1.807, 2.05) is 0 Å². The van der Waals surface area contributed by atoms with E-state index in [1.165, 1.54) is 66.2 Å². The van der Waals surface area contributed by atoms with Gasteiger partial charge in [-0.3, -0.25) is 4.57 Å². The quantitative estimate of drug-likeness (QED) is 0.192. The van der Waals surface area contributed by atoms with Crippen LogP contribution in [0, 0.1) is 0 Å². The predicted octanol–water partition coefficient (Wildman–Crippen LogP) is 7.53. The van der Waals surface area contributed by atoms with E-state index in [0.29, 0.717) is 0 Å². The maximum Gasteiger partial charge on any atom is 0.252 e. The molecule has 0 amide bonds. The van der Waals surface area contributed by atoms with Crippen LogP contribution < -0.4 is 16.4 Å². The molecule has 0 atom stereocenters. The van der Waals surface area contributed by atoms with Gasteiger partial charge in [-0.2, -0.15) is 0 Å². The highest BCUT2D eigenvalue weighted by Crippen LogP contribution is 2.40. The molecule has 0 radical (unpaired) electrons. The summed E-state index contributed by atoms with van der Waals surface area (Å²) in [6.45, 7) is 14.1. The molecule has 0 bridgehead atoms. The number of benzene rings is 5. The van der Waals surface area contributed by atoms with Gasteiger partial charge in [0, 0.05) is 33.2 Å². The van der Waals surface area contributed by atoms with Gasteiger partial charge in [0.05, 0.1) is 16.6 Å². The summed E-state index contributed by atoms with van der Waals surface area (Å²) in [5.74, 6) is 1.00. The Morgan fingerprint density at radius 1 is 0.581 bits per heavy atom. The van der Waals surface area contributed by atoms with E-state index in [9.17, 15) is 0 Å². The molecule has 0 saturated carbocycles. The number of aromatic nitrogens is 3. The van der Waals surface area contributed by atoms with Crippen molar-refractivity contribution >= 4 is 55.9 Å². The number of rotatable bonds is 1. The fourth-order valence-corrected chi connectivity index (χ4v) is 7.66. The Morgan fingerprint density at radius 3 is 2.02 bits per heavy atom. The van der Waals surface area contributed by atoms with Gasteiger partial charge in [0.1, 0.15) is 5.82 Å². The van der Waals surface area contributed by atoms with Crippen molar-refractivity contribution in [2.75, 3.05) is 0 Å². The zero-order valence-electron chi connectivity index (χ0n) is 25.7. The third-order valence-corrected chi connectivity index (χ3v) is 9.81. The summed E-state index contributed by atoms with van der Waals surface area (Å²) in [5.41, 5.74) is 15.5. The van der Waals surface area contributed by atoms with E-state index >= 15 is 0 Å². The second kappa shape index (κ2) is 8.08. The Morgan fingerprint density at radius 2 is 1.28 bits per heavy atom. The molecule has 4 heterocycles. The summed E-state index contributed by atoms with van der Waals surface area (Å²) in [6.07, 6.45) is 0. The number of imidazole rings is 1. The van der Waals surface area contributed by atoms with Crippen LogP contribution in [-0.2, 0) is 10.8 Å². The lowest BCUT2D eigenvalue weighted by Crippen LogP contribution is -2.59. The molecular formula is C39H34BN3. The Hall–Kier alpha value is -4.57. The number of hydrogen-bond donors (Lipinski definition) is 0. The van der Waals surface area contributed by atoms with E-state index in [1.54, 1.807) is 0 Å². The molecular weight excluding hydrogens is 521 g/mol. The summed E-state index contributed by atoms with van der Waals surface area (Å²) in [6, 6.07) is 36.3. The Balaban J connectivity index is 1.48. The summed E-state index contributed by atoms with van der Waals surface area (Å²) >= 11 is 0. The smallest absolute Gasteiger partial charge is 0.252 e. The van der Waals surface area contributed by atoms with Gasteiger partial charge in [0.15, 0.2) is 0 Å². The molecule has 2 aliphatic rings. The van der Waals surface area contributed by atoms with Crippen LogP contribution in [0.3, 0.4) is 0 Å². The normalized spacial score (nSPS) is 13.8. The highest BCUT2D eigenvalue weighted by Gasteiger charge is 2.41. The fourth-order valence-electron chi connectivity index (χ4n) is 7.66. The average Bonchev–Trinajstić information content (AvgIpc) is 3.54. The molecule has 5 aromatic carbocycles. The highest BCUT2D eigenvalue weighted by atomic mass is 15.1.